The number of aliphatic hydroxyl groups is 7. The summed E-state index contributed by atoms with van der Waals surface area (Å²) in [5, 5.41) is 76.5. The Balaban J connectivity index is 2.22. The SMILES string of the molecule is CCCCCCCCCCCCCCCCCCCCC/C=C/CC/C=C/CC/C=C/CCCC(O)C(O)C(COC1OC(CO)C(O)C(O)C1O)NC(=O)C(O)CCCCCCCCCCCCCCCCCCCCCCCCCCC. The Hall–Kier alpha value is -1.67. The van der Waals surface area contributed by atoms with Crippen LogP contribution in [0.3, 0.4) is 0 Å². The van der Waals surface area contributed by atoms with Crippen LogP contribution in [0.4, 0.5) is 0 Å². The molecule has 9 atom stereocenters. The zero-order valence-corrected chi connectivity index (χ0v) is 54.9. The standard InChI is InChI=1S/C73H139NO10/c1-3-5-7-9-11-13-15-17-19-21-23-25-27-29-30-31-32-33-34-35-37-38-40-42-44-46-48-50-52-54-56-58-60-65(76)68(78)64(63-83-73-71(81)70(80)69(79)67(62-75)84-73)74-72(82)66(77)61-59-57-55-53-51-49-47-45-43-41-39-36-28-26-24-22-20-18-16-14-12-10-8-6-4-2/h37-38,44,46,52,54,64-71,73,75-81H,3-36,39-43,45,47-51,53,55-63H2,1-2H3,(H,74,82)/b38-37+,46-44+,54-52+. The Bertz CT molecular complexity index is 1460. The van der Waals surface area contributed by atoms with Crippen LogP contribution < -0.4 is 5.32 Å². The minimum Gasteiger partial charge on any atom is -0.394 e. The zero-order valence-electron chi connectivity index (χ0n) is 54.9. The Morgan fingerprint density at radius 3 is 1.06 bits per heavy atom. The van der Waals surface area contributed by atoms with Crippen LogP contribution in [-0.2, 0) is 14.3 Å². The van der Waals surface area contributed by atoms with Crippen molar-refractivity contribution in [3.63, 3.8) is 0 Å². The van der Waals surface area contributed by atoms with Gasteiger partial charge in [-0.05, 0) is 64.2 Å². The van der Waals surface area contributed by atoms with E-state index in [0.717, 1.165) is 44.9 Å². The first-order chi connectivity index (χ1) is 41.2. The fraction of sp³-hybridized carbons (Fsp3) is 0.904. The van der Waals surface area contributed by atoms with Gasteiger partial charge in [-0.15, -0.1) is 0 Å². The topological polar surface area (TPSA) is 189 Å². The van der Waals surface area contributed by atoms with Crippen molar-refractivity contribution in [1.29, 1.82) is 0 Å². The molecule has 1 heterocycles. The molecular weight excluding hydrogens is 1050 g/mol. The van der Waals surface area contributed by atoms with Gasteiger partial charge in [-0.1, -0.05) is 326 Å². The predicted octanol–water partition coefficient (Wildman–Crippen LogP) is 17.8. The van der Waals surface area contributed by atoms with E-state index in [1.165, 1.54) is 263 Å². The molecule has 496 valence electrons. The molecule has 0 aromatic heterocycles. The second-order valence-electron chi connectivity index (χ2n) is 25.6. The summed E-state index contributed by atoms with van der Waals surface area (Å²) in [5.74, 6) is -0.706. The van der Waals surface area contributed by atoms with Crippen LogP contribution >= 0.6 is 0 Å². The fourth-order valence-corrected chi connectivity index (χ4v) is 11.8. The minimum absolute atomic E-state index is 0.243. The summed E-state index contributed by atoms with van der Waals surface area (Å²) in [5.41, 5.74) is 0. The Kier molecular flexibility index (Phi) is 58.9. The Morgan fingerprint density at radius 2 is 0.714 bits per heavy atom. The number of carbonyl (C=O) groups excluding carboxylic acids is 1. The maximum absolute atomic E-state index is 13.3. The molecule has 1 saturated heterocycles. The fourth-order valence-electron chi connectivity index (χ4n) is 11.8. The number of carbonyl (C=O) groups is 1. The van der Waals surface area contributed by atoms with Gasteiger partial charge in [0.2, 0.25) is 5.91 Å². The number of rotatable bonds is 64. The van der Waals surface area contributed by atoms with Gasteiger partial charge >= 0.3 is 0 Å². The first-order valence-corrected chi connectivity index (χ1v) is 36.4. The van der Waals surface area contributed by atoms with E-state index in [4.69, 9.17) is 9.47 Å². The smallest absolute Gasteiger partial charge is 0.249 e. The van der Waals surface area contributed by atoms with Crippen LogP contribution in [0.25, 0.3) is 0 Å². The molecule has 1 rings (SSSR count). The summed E-state index contributed by atoms with van der Waals surface area (Å²) >= 11 is 0. The minimum atomic E-state index is -1.67. The molecule has 8 N–H and O–H groups in total. The van der Waals surface area contributed by atoms with Gasteiger partial charge in [0.1, 0.15) is 36.6 Å². The number of nitrogens with one attached hydrogen (secondary N) is 1. The maximum Gasteiger partial charge on any atom is 0.249 e. The highest BCUT2D eigenvalue weighted by molar-refractivity contribution is 5.80. The predicted molar refractivity (Wildman–Crippen MR) is 353 cm³/mol. The normalized spacial score (nSPS) is 19.1. The van der Waals surface area contributed by atoms with Crippen molar-refractivity contribution in [2.45, 2.75) is 409 Å². The molecule has 1 aliphatic rings. The number of amides is 1. The van der Waals surface area contributed by atoms with Crippen molar-refractivity contribution >= 4 is 5.91 Å². The number of hydrogen-bond acceptors (Lipinski definition) is 10. The van der Waals surface area contributed by atoms with Crippen LogP contribution in [0.2, 0.25) is 0 Å². The maximum atomic E-state index is 13.3. The monoisotopic (exact) mass is 1190 g/mol. The molecule has 84 heavy (non-hydrogen) atoms. The highest BCUT2D eigenvalue weighted by atomic mass is 16.7. The van der Waals surface area contributed by atoms with E-state index >= 15 is 0 Å². The van der Waals surface area contributed by atoms with Gasteiger partial charge < -0.3 is 50.5 Å². The van der Waals surface area contributed by atoms with Crippen molar-refractivity contribution in [3.8, 4) is 0 Å². The van der Waals surface area contributed by atoms with Crippen LogP contribution in [0.1, 0.15) is 354 Å². The molecular formula is C73H139NO10. The lowest BCUT2D eigenvalue weighted by atomic mass is 9.98. The molecule has 11 heteroatoms. The lowest BCUT2D eigenvalue weighted by Crippen LogP contribution is -2.60. The van der Waals surface area contributed by atoms with Gasteiger partial charge in [0.25, 0.3) is 0 Å². The molecule has 0 bridgehead atoms. The lowest BCUT2D eigenvalue weighted by molar-refractivity contribution is -0.303. The number of ether oxygens (including phenoxy) is 2. The summed E-state index contributed by atoms with van der Waals surface area (Å²) in [6, 6.07) is -1.19. The summed E-state index contributed by atoms with van der Waals surface area (Å²) in [7, 11) is 0. The molecule has 9 unspecified atom stereocenters. The molecule has 0 saturated carbocycles. The van der Waals surface area contributed by atoms with Crippen molar-refractivity contribution in [1.82, 2.24) is 5.32 Å². The third kappa shape index (κ3) is 48.3. The third-order valence-electron chi connectivity index (χ3n) is 17.7. The van der Waals surface area contributed by atoms with Gasteiger partial charge in [-0.3, -0.25) is 4.79 Å². The van der Waals surface area contributed by atoms with Crippen molar-refractivity contribution in [3.05, 3.63) is 36.5 Å². The quantitative estimate of drug-likeness (QED) is 0.0215. The van der Waals surface area contributed by atoms with E-state index in [2.05, 4.69) is 55.6 Å². The lowest BCUT2D eigenvalue weighted by Gasteiger charge is -2.40. The van der Waals surface area contributed by atoms with Crippen molar-refractivity contribution in [2.24, 2.45) is 0 Å². The van der Waals surface area contributed by atoms with E-state index in [9.17, 15) is 40.5 Å². The molecule has 0 aromatic carbocycles. The average Bonchev–Trinajstić information content (AvgIpc) is 3.66. The van der Waals surface area contributed by atoms with Gasteiger partial charge in [-0.2, -0.15) is 0 Å². The summed E-state index contributed by atoms with van der Waals surface area (Å²) < 4.78 is 11.2. The van der Waals surface area contributed by atoms with Crippen LogP contribution in [0.15, 0.2) is 36.5 Å². The Morgan fingerprint density at radius 1 is 0.405 bits per heavy atom. The van der Waals surface area contributed by atoms with E-state index in [1.807, 2.05) is 0 Å². The first kappa shape index (κ1) is 80.3. The van der Waals surface area contributed by atoms with E-state index in [0.29, 0.717) is 19.3 Å². The number of aliphatic hydroxyl groups excluding tert-OH is 7. The molecule has 0 radical (unpaired) electrons. The average molecular weight is 1190 g/mol. The molecule has 1 amide bonds. The van der Waals surface area contributed by atoms with Gasteiger partial charge in [0.05, 0.1) is 25.4 Å². The highest BCUT2D eigenvalue weighted by Crippen LogP contribution is 2.24. The number of unbranched alkanes of at least 4 members (excludes halogenated alkanes) is 46. The molecule has 1 aliphatic heterocycles. The van der Waals surface area contributed by atoms with Crippen LogP contribution in [-0.4, -0.2) is 110 Å². The zero-order chi connectivity index (χ0) is 61.0. The molecule has 1 fully saturated rings. The van der Waals surface area contributed by atoms with Crippen LogP contribution in [0.5, 0.6) is 0 Å². The van der Waals surface area contributed by atoms with Crippen LogP contribution in [0, 0.1) is 0 Å². The van der Waals surface area contributed by atoms with Gasteiger partial charge in [0, 0.05) is 0 Å². The third-order valence-corrected chi connectivity index (χ3v) is 17.7. The van der Waals surface area contributed by atoms with E-state index in [1.54, 1.807) is 0 Å². The summed E-state index contributed by atoms with van der Waals surface area (Å²) in [6.45, 7) is 3.49. The number of allylic oxidation sites excluding steroid dienone is 6. The van der Waals surface area contributed by atoms with Gasteiger partial charge in [0.15, 0.2) is 6.29 Å². The molecule has 0 aliphatic carbocycles. The summed E-state index contributed by atoms with van der Waals surface area (Å²) in [4.78, 5) is 13.3. The van der Waals surface area contributed by atoms with E-state index < -0.39 is 74.2 Å². The number of hydrogen-bond donors (Lipinski definition) is 8. The highest BCUT2D eigenvalue weighted by Gasteiger charge is 2.44. The largest absolute Gasteiger partial charge is 0.394 e. The molecule has 0 aromatic rings. The Labute approximate surface area is 517 Å². The second-order valence-corrected chi connectivity index (χ2v) is 25.6. The van der Waals surface area contributed by atoms with Gasteiger partial charge in [-0.25, -0.2) is 0 Å². The molecule has 11 nitrogen and oxygen atoms in total. The summed E-state index contributed by atoms with van der Waals surface area (Å²) in [6.07, 6.45) is 68.1. The molecule has 0 spiro atoms. The second kappa shape index (κ2) is 61.6. The first-order valence-electron chi connectivity index (χ1n) is 36.4. The van der Waals surface area contributed by atoms with Crippen molar-refractivity contribution < 1.29 is 50.0 Å². The van der Waals surface area contributed by atoms with E-state index in [-0.39, 0.29) is 12.8 Å². The van der Waals surface area contributed by atoms with Crippen molar-refractivity contribution in [2.75, 3.05) is 13.2 Å².